The maximum atomic E-state index is 10.6. The molecule has 1 atom stereocenters. The number of hydrogen-bond acceptors (Lipinski definition) is 8. The van der Waals surface area contributed by atoms with Crippen LogP contribution >= 0.6 is 0 Å². The van der Waals surface area contributed by atoms with Gasteiger partial charge in [-0.2, -0.15) is 16.8 Å². The molecule has 0 spiro atoms. The highest BCUT2D eigenvalue weighted by molar-refractivity contribution is 7.80. The molecule has 3 aromatic rings. The number of rotatable bonds is 2. The van der Waals surface area contributed by atoms with Crippen LogP contribution in [0.2, 0.25) is 0 Å². The third kappa shape index (κ3) is 25.3. The fourth-order valence-corrected chi connectivity index (χ4v) is 1.86. The molecule has 206 valence electrons. The second kappa shape index (κ2) is 17.0. The predicted molar refractivity (Wildman–Crippen MR) is 133 cm³/mol. The van der Waals surface area contributed by atoms with Gasteiger partial charge in [0, 0.05) is 0 Å². The highest BCUT2D eigenvalue weighted by Crippen LogP contribution is 2.19. The van der Waals surface area contributed by atoms with Gasteiger partial charge in [-0.3, -0.25) is 18.2 Å². The van der Waals surface area contributed by atoms with Crippen LogP contribution in [0.1, 0.15) is 18.1 Å². The van der Waals surface area contributed by atoms with Crippen LogP contribution in [0.25, 0.3) is 0 Å². The van der Waals surface area contributed by atoms with Crippen molar-refractivity contribution in [3.63, 3.8) is 0 Å². The van der Waals surface area contributed by atoms with Crippen LogP contribution in [-0.4, -0.2) is 61.4 Å². The Morgan fingerprint density at radius 2 is 0.946 bits per heavy atom. The van der Waals surface area contributed by atoms with Crippen molar-refractivity contribution in [2.45, 2.75) is 19.4 Å². The van der Waals surface area contributed by atoms with Crippen molar-refractivity contribution >= 4 is 26.8 Å². The number of aromatic hydroxyl groups is 2. The topological polar surface area (TPSA) is 247 Å². The van der Waals surface area contributed by atoms with Crippen molar-refractivity contribution in [3.8, 4) is 11.5 Å². The van der Waals surface area contributed by atoms with Crippen molar-refractivity contribution in [2.24, 2.45) is 0 Å². The van der Waals surface area contributed by atoms with Gasteiger partial charge in [-0.15, -0.1) is 0 Å². The minimum absolute atomic E-state index is 0.322. The summed E-state index contributed by atoms with van der Waals surface area (Å²) in [7, 11) is -9.33. The molecule has 0 heterocycles. The maximum Gasteiger partial charge on any atom is 0.394 e. The molecule has 8 N–H and O–H groups in total. The van der Waals surface area contributed by atoms with Crippen molar-refractivity contribution in [1.82, 2.24) is 0 Å². The number of benzene rings is 3. The summed E-state index contributed by atoms with van der Waals surface area (Å²) < 4.78 is 63.2. The fraction of sp³-hybridized carbons (Fsp3) is 0.136. The molecule has 0 amide bonds. The van der Waals surface area contributed by atoms with E-state index < -0.39 is 32.4 Å². The quantitative estimate of drug-likeness (QED) is 0.209. The summed E-state index contributed by atoms with van der Waals surface area (Å²) in [5.74, 6) is -0.591. The van der Waals surface area contributed by atoms with Gasteiger partial charge in [0.05, 0.1) is 0 Å². The van der Waals surface area contributed by atoms with Crippen LogP contribution in [0.3, 0.4) is 0 Å². The van der Waals surface area contributed by atoms with E-state index in [-0.39, 0.29) is 0 Å². The number of carboxylic acid groups (broad SMARTS) is 1. The molecule has 0 aliphatic rings. The van der Waals surface area contributed by atoms with Crippen molar-refractivity contribution in [3.05, 3.63) is 96.1 Å². The Balaban J connectivity index is 0. The average molecular weight is 565 g/mol. The molecule has 3 aromatic carbocycles. The van der Waals surface area contributed by atoms with E-state index in [1.54, 1.807) is 66.7 Å². The van der Waals surface area contributed by atoms with Crippen LogP contribution in [-0.2, 0) is 31.2 Å². The molecule has 0 bridgehead atoms. The zero-order valence-electron chi connectivity index (χ0n) is 19.5. The third-order valence-electron chi connectivity index (χ3n) is 3.54. The minimum atomic E-state index is -4.67. The highest BCUT2D eigenvalue weighted by Gasteiger charge is 2.31. The highest BCUT2D eigenvalue weighted by atomic mass is 32.3. The first kappa shape index (κ1) is 35.6. The van der Waals surface area contributed by atoms with Gasteiger partial charge in [0.25, 0.3) is 0 Å². The molecule has 0 radical (unpaired) electrons. The van der Waals surface area contributed by atoms with Gasteiger partial charge in [-0.1, -0.05) is 66.2 Å². The first-order chi connectivity index (χ1) is 16.7. The molecule has 1 unspecified atom stereocenters. The Morgan fingerprint density at radius 1 is 0.649 bits per heavy atom. The molecule has 13 nitrogen and oxygen atoms in total. The van der Waals surface area contributed by atoms with Gasteiger partial charge in [0.1, 0.15) is 11.5 Å². The normalized spacial score (nSPS) is 11.6. The lowest BCUT2D eigenvalue weighted by atomic mass is 9.97. The van der Waals surface area contributed by atoms with Crippen LogP contribution in [0, 0.1) is 6.92 Å². The molecular formula is C22H28O13S2. The van der Waals surface area contributed by atoms with Gasteiger partial charge in [0.15, 0.2) is 5.60 Å². The Kier molecular flexibility index (Phi) is 16.3. The summed E-state index contributed by atoms with van der Waals surface area (Å²) in [4.78, 5) is 10.6. The summed E-state index contributed by atoms with van der Waals surface area (Å²) in [6.45, 7) is 3.24. The van der Waals surface area contributed by atoms with Crippen LogP contribution in [0.15, 0.2) is 84.9 Å². The molecule has 0 aromatic heterocycles. The number of carbonyl (C=O) groups is 1. The zero-order valence-corrected chi connectivity index (χ0v) is 21.2. The lowest BCUT2D eigenvalue weighted by Gasteiger charge is -2.17. The van der Waals surface area contributed by atoms with Gasteiger partial charge < -0.3 is 20.4 Å². The fourth-order valence-electron chi connectivity index (χ4n) is 1.86. The Bertz CT molecular complexity index is 1180. The first-order valence-electron chi connectivity index (χ1n) is 9.64. The molecule has 0 aliphatic heterocycles. The number of phenolic OH excluding ortho intramolecular Hbond substituents is 2. The maximum absolute atomic E-state index is 10.6. The zero-order chi connectivity index (χ0) is 29.3. The van der Waals surface area contributed by atoms with Crippen LogP contribution in [0.5, 0.6) is 11.5 Å². The summed E-state index contributed by atoms with van der Waals surface area (Å²) in [5.41, 5.74) is -0.235. The van der Waals surface area contributed by atoms with E-state index in [4.69, 9.17) is 50.4 Å². The van der Waals surface area contributed by atoms with E-state index >= 15 is 0 Å². The SMILES string of the molecule is CC(O)(C(=O)O)c1ccccc1.Cc1ccc(O)cc1.O=S(=O)(O)O.O=S(=O)(O)O.Oc1ccccc1. The van der Waals surface area contributed by atoms with E-state index in [2.05, 4.69) is 0 Å². The van der Waals surface area contributed by atoms with Gasteiger partial charge in [-0.05, 0) is 43.7 Å². The number of phenols is 2. The number of para-hydroxylation sites is 1. The number of aliphatic carboxylic acids is 1. The molecular weight excluding hydrogens is 536 g/mol. The summed E-state index contributed by atoms with van der Waals surface area (Å²) in [6, 6.07) is 24.1. The van der Waals surface area contributed by atoms with Crippen molar-refractivity contribution < 1.29 is 60.3 Å². The standard InChI is InChI=1S/C9H10O3.C7H8O.C6H6O.2H2O4S/c1-9(12,8(10)11)7-5-3-2-4-6-7;1-6-2-4-7(8)5-3-6;7-6-4-2-1-3-5-6;2*1-5(2,3)4/h2-6,12H,1H3,(H,10,11);2-5,8H,1H3;1-5,7H;2*(H2,1,2,3,4). The molecule has 3 rings (SSSR count). The Morgan fingerprint density at radius 3 is 1.19 bits per heavy atom. The van der Waals surface area contributed by atoms with E-state index in [0.717, 1.165) is 0 Å². The molecule has 15 heteroatoms. The molecule has 0 saturated heterocycles. The first-order valence-corrected chi connectivity index (χ1v) is 12.4. The number of aryl methyl sites for hydroxylation is 1. The molecule has 37 heavy (non-hydrogen) atoms. The number of carboxylic acids is 1. The Hall–Kier alpha value is -3.57. The lowest BCUT2D eigenvalue weighted by Crippen LogP contribution is -2.31. The van der Waals surface area contributed by atoms with Crippen molar-refractivity contribution in [2.75, 3.05) is 0 Å². The number of hydrogen-bond donors (Lipinski definition) is 8. The van der Waals surface area contributed by atoms with Crippen LogP contribution in [0.4, 0.5) is 0 Å². The lowest BCUT2D eigenvalue weighted by molar-refractivity contribution is -0.157. The third-order valence-corrected chi connectivity index (χ3v) is 3.54. The monoisotopic (exact) mass is 564 g/mol. The van der Waals surface area contributed by atoms with E-state index in [1.807, 2.05) is 25.1 Å². The molecule has 0 saturated carbocycles. The predicted octanol–water partition coefficient (Wildman–Crippen LogP) is 2.77. The molecule has 0 fully saturated rings. The minimum Gasteiger partial charge on any atom is -0.508 e. The second-order valence-electron chi connectivity index (χ2n) is 6.81. The van der Waals surface area contributed by atoms with Gasteiger partial charge in [0.2, 0.25) is 0 Å². The summed E-state index contributed by atoms with van der Waals surface area (Å²) in [6.07, 6.45) is 0. The molecule has 0 aliphatic carbocycles. The average Bonchev–Trinajstić information content (AvgIpc) is 2.75. The van der Waals surface area contributed by atoms with Crippen molar-refractivity contribution in [1.29, 1.82) is 0 Å². The van der Waals surface area contributed by atoms with Crippen LogP contribution < -0.4 is 0 Å². The van der Waals surface area contributed by atoms with E-state index in [0.29, 0.717) is 17.1 Å². The largest absolute Gasteiger partial charge is 0.508 e. The van der Waals surface area contributed by atoms with Gasteiger partial charge >= 0.3 is 26.8 Å². The summed E-state index contributed by atoms with van der Waals surface area (Å²) in [5, 5.41) is 35.5. The van der Waals surface area contributed by atoms with Gasteiger partial charge in [-0.25, -0.2) is 4.79 Å². The van der Waals surface area contributed by atoms with E-state index in [9.17, 15) is 9.90 Å². The summed E-state index contributed by atoms with van der Waals surface area (Å²) >= 11 is 0. The van der Waals surface area contributed by atoms with E-state index in [1.165, 1.54) is 12.5 Å². The Labute approximate surface area is 214 Å². The number of aliphatic hydroxyl groups is 1. The second-order valence-corrected chi connectivity index (χ2v) is 8.60. The smallest absolute Gasteiger partial charge is 0.394 e.